The summed E-state index contributed by atoms with van der Waals surface area (Å²) in [5, 5.41) is 0. The van der Waals surface area contributed by atoms with Gasteiger partial charge in [0.15, 0.2) is 5.78 Å². The molecule has 0 bridgehead atoms. The number of nitrogens with zero attached hydrogens (tertiary/aromatic N) is 4. The van der Waals surface area contributed by atoms with Crippen molar-refractivity contribution in [2.45, 2.75) is 6.92 Å². The summed E-state index contributed by atoms with van der Waals surface area (Å²) in [5.41, 5.74) is 1.52. The molecule has 2 rings (SSSR count). The van der Waals surface area contributed by atoms with E-state index in [9.17, 15) is 4.79 Å². The molecule has 66 valence electrons. The molecule has 0 aliphatic heterocycles. The van der Waals surface area contributed by atoms with Gasteiger partial charge >= 0.3 is 0 Å². The number of aromatic nitrogens is 4. The summed E-state index contributed by atoms with van der Waals surface area (Å²) in [6.07, 6.45) is 1.58. The van der Waals surface area contributed by atoms with E-state index in [1.54, 1.807) is 6.20 Å². The largest absolute Gasteiger partial charge is 0.293 e. The van der Waals surface area contributed by atoms with E-state index < -0.39 is 0 Å². The lowest BCUT2D eigenvalue weighted by Gasteiger charge is -1.89. The zero-order chi connectivity index (χ0) is 9.26. The molecule has 2 heterocycles. The van der Waals surface area contributed by atoms with Gasteiger partial charge in [-0.15, -0.1) is 0 Å². The summed E-state index contributed by atoms with van der Waals surface area (Å²) in [6.45, 7) is 1.46. The number of carbonyl (C=O) groups excluding carboxylic acids is 1. The van der Waals surface area contributed by atoms with Crippen LogP contribution in [0.5, 0.6) is 0 Å². The third kappa shape index (κ3) is 1.47. The van der Waals surface area contributed by atoms with Crippen LogP contribution in [0.2, 0.25) is 0 Å². The molecule has 13 heavy (non-hydrogen) atoms. The van der Waals surface area contributed by atoms with Crippen molar-refractivity contribution in [3.8, 4) is 11.4 Å². The van der Waals surface area contributed by atoms with E-state index in [1.165, 1.54) is 6.92 Å². The van der Waals surface area contributed by atoms with Crippen LogP contribution < -0.4 is 0 Å². The molecular formula is C6H4N4OS2. The molecule has 2 aromatic rings. The molecule has 7 heteroatoms. The van der Waals surface area contributed by atoms with Crippen molar-refractivity contribution in [1.82, 2.24) is 17.5 Å². The van der Waals surface area contributed by atoms with Gasteiger partial charge in [-0.25, -0.2) is 0 Å². The van der Waals surface area contributed by atoms with Crippen LogP contribution in [-0.2, 0) is 0 Å². The predicted octanol–water partition coefficient (Wildman–Crippen LogP) is 1.26. The van der Waals surface area contributed by atoms with Crippen LogP contribution >= 0.6 is 23.5 Å². The van der Waals surface area contributed by atoms with Crippen molar-refractivity contribution in [1.29, 1.82) is 0 Å². The average Bonchev–Trinajstić information content (AvgIpc) is 2.74. The molecular weight excluding hydrogens is 208 g/mol. The topological polar surface area (TPSA) is 68.6 Å². The molecule has 2 aromatic heterocycles. The second kappa shape index (κ2) is 3.27. The second-order valence-corrected chi connectivity index (χ2v) is 3.40. The third-order valence-corrected chi connectivity index (χ3v) is 2.43. The smallest absolute Gasteiger partial charge is 0.181 e. The van der Waals surface area contributed by atoms with Crippen LogP contribution in [0.15, 0.2) is 6.20 Å². The van der Waals surface area contributed by atoms with Crippen molar-refractivity contribution in [2.75, 3.05) is 0 Å². The van der Waals surface area contributed by atoms with E-state index in [1.807, 2.05) is 0 Å². The molecule has 0 aliphatic carbocycles. The number of hydrogen-bond donors (Lipinski definition) is 0. The van der Waals surface area contributed by atoms with Crippen LogP contribution in [0.4, 0.5) is 0 Å². The van der Waals surface area contributed by atoms with Gasteiger partial charge in [0.2, 0.25) is 0 Å². The molecule has 0 N–H and O–H groups in total. The highest BCUT2D eigenvalue weighted by atomic mass is 32.1. The first-order valence-corrected chi connectivity index (χ1v) is 4.86. The first-order chi connectivity index (χ1) is 6.29. The van der Waals surface area contributed by atoms with Gasteiger partial charge in [0.05, 0.1) is 29.7 Å². The zero-order valence-electron chi connectivity index (χ0n) is 6.59. The summed E-state index contributed by atoms with van der Waals surface area (Å²) < 4.78 is 15.7. The van der Waals surface area contributed by atoms with E-state index >= 15 is 0 Å². The van der Waals surface area contributed by atoms with Crippen LogP contribution in [-0.4, -0.2) is 23.3 Å². The van der Waals surface area contributed by atoms with E-state index in [-0.39, 0.29) is 5.78 Å². The Hall–Kier alpha value is -1.21. The number of carbonyl (C=O) groups is 1. The molecule has 0 radical (unpaired) electrons. The minimum Gasteiger partial charge on any atom is -0.293 e. The first-order valence-electron chi connectivity index (χ1n) is 3.40. The lowest BCUT2D eigenvalue weighted by Crippen LogP contribution is -1.95. The van der Waals surface area contributed by atoms with E-state index in [0.717, 1.165) is 23.5 Å². The second-order valence-electron chi connectivity index (χ2n) is 2.31. The van der Waals surface area contributed by atoms with Crippen molar-refractivity contribution < 1.29 is 4.79 Å². The molecule has 0 saturated heterocycles. The summed E-state index contributed by atoms with van der Waals surface area (Å²) in [4.78, 5) is 11.1. The molecule has 0 fully saturated rings. The van der Waals surface area contributed by atoms with Crippen LogP contribution in [0.25, 0.3) is 11.4 Å². The normalized spacial score (nSPS) is 10.2. The fourth-order valence-electron chi connectivity index (χ4n) is 0.857. The van der Waals surface area contributed by atoms with Crippen LogP contribution in [0.1, 0.15) is 17.4 Å². The van der Waals surface area contributed by atoms with Crippen molar-refractivity contribution in [2.24, 2.45) is 0 Å². The van der Waals surface area contributed by atoms with E-state index in [4.69, 9.17) is 0 Å². The highest BCUT2D eigenvalue weighted by Crippen LogP contribution is 2.19. The van der Waals surface area contributed by atoms with E-state index in [2.05, 4.69) is 17.5 Å². The standard InChI is InChI=1S/C6H4N4OS2/c1-3(11)5-6(10-13-9-5)4-2-7-12-8-4/h2H,1H3. The van der Waals surface area contributed by atoms with Gasteiger partial charge in [-0.05, 0) is 0 Å². The maximum Gasteiger partial charge on any atom is 0.181 e. The minimum absolute atomic E-state index is 0.100. The summed E-state index contributed by atoms with van der Waals surface area (Å²) in [6, 6.07) is 0. The maximum atomic E-state index is 11.1. The van der Waals surface area contributed by atoms with Gasteiger partial charge in [0.1, 0.15) is 17.1 Å². The highest BCUT2D eigenvalue weighted by molar-refractivity contribution is 7.00. The molecule has 0 aromatic carbocycles. The highest BCUT2D eigenvalue weighted by Gasteiger charge is 2.15. The average molecular weight is 212 g/mol. The fourth-order valence-corrected chi connectivity index (χ4v) is 1.87. The van der Waals surface area contributed by atoms with Gasteiger partial charge in [-0.3, -0.25) is 4.79 Å². The van der Waals surface area contributed by atoms with Crippen molar-refractivity contribution in [3.05, 3.63) is 11.9 Å². The third-order valence-electron chi connectivity index (χ3n) is 1.43. The summed E-state index contributed by atoms with van der Waals surface area (Å²) in [7, 11) is 0. The number of Topliss-reactive ketones (excluding diaryl/α,β-unsaturated/α-hetero) is 1. The van der Waals surface area contributed by atoms with Crippen molar-refractivity contribution >= 4 is 29.2 Å². The Morgan fingerprint density at radius 3 is 2.77 bits per heavy atom. The molecule has 0 aliphatic rings. The molecule has 5 nitrogen and oxygen atoms in total. The van der Waals surface area contributed by atoms with Gasteiger partial charge < -0.3 is 0 Å². The monoisotopic (exact) mass is 212 g/mol. The van der Waals surface area contributed by atoms with Crippen LogP contribution in [0, 0.1) is 0 Å². The maximum absolute atomic E-state index is 11.1. The number of rotatable bonds is 2. The Kier molecular flexibility index (Phi) is 2.11. The van der Waals surface area contributed by atoms with Gasteiger partial charge in [0.25, 0.3) is 0 Å². The molecule has 0 amide bonds. The van der Waals surface area contributed by atoms with Gasteiger partial charge in [0, 0.05) is 6.92 Å². The minimum atomic E-state index is -0.100. The Morgan fingerprint density at radius 1 is 1.31 bits per heavy atom. The Morgan fingerprint density at radius 2 is 2.15 bits per heavy atom. The van der Waals surface area contributed by atoms with Crippen molar-refractivity contribution in [3.63, 3.8) is 0 Å². The quantitative estimate of drug-likeness (QED) is 0.701. The number of hydrogen-bond acceptors (Lipinski definition) is 7. The van der Waals surface area contributed by atoms with Crippen LogP contribution in [0.3, 0.4) is 0 Å². The Balaban J connectivity index is 2.52. The van der Waals surface area contributed by atoms with Gasteiger partial charge in [-0.1, -0.05) is 0 Å². The SMILES string of the molecule is CC(=O)c1nsnc1-c1cnsn1. The zero-order valence-corrected chi connectivity index (χ0v) is 8.22. The molecule has 0 saturated carbocycles. The Bertz CT molecular complexity index is 422. The summed E-state index contributed by atoms with van der Waals surface area (Å²) in [5.74, 6) is -0.100. The molecule has 0 atom stereocenters. The fraction of sp³-hybridized carbons (Fsp3) is 0.167. The first kappa shape index (κ1) is 8.39. The predicted molar refractivity (Wildman–Crippen MR) is 48.8 cm³/mol. The lowest BCUT2D eigenvalue weighted by molar-refractivity contribution is 0.101. The van der Waals surface area contributed by atoms with Gasteiger partial charge in [-0.2, -0.15) is 17.5 Å². The summed E-state index contributed by atoms with van der Waals surface area (Å²) >= 11 is 2.09. The molecule has 0 spiro atoms. The van der Waals surface area contributed by atoms with E-state index in [0.29, 0.717) is 17.1 Å². The lowest BCUT2D eigenvalue weighted by atomic mass is 10.2. The molecule has 0 unspecified atom stereocenters. The Labute approximate surface area is 82.1 Å². The number of ketones is 1.